The van der Waals surface area contributed by atoms with Gasteiger partial charge in [0.2, 0.25) is 0 Å². The Bertz CT molecular complexity index is 271. The summed E-state index contributed by atoms with van der Waals surface area (Å²) < 4.78 is 0. The van der Waals surface area contributed by atoms with E-state index in [1.54, 1.807) is 12.4 Å². The maximum Gasteiger partial charge on any atom is 0.141 e. The Morgan fingerprint density at radius 3 is 1.65 bits per heavy atom. The molecule has 0 aliphatic heterocycles. The van der Waals surface area contributed by atoms with Crippen LogP contribution in [-0.2, 0) is 0 Å². The fraction of sp³-hybridized carbons (Fsp3) is 0.750. The summed E-state index contributed by atoms with van der Waals surface area (Å²) in [7, 11) is 0. The summed E-state index contributed by atoms with van der Waals surface area (Å²) in [6.45, 7) is 10.8. The summed E-state index contributed by atoms with van der Waals surface area (Å²) in [5.74, 6) is 0.461. The van der Waals surface area contributed by atoms with Crippen LogP contribution < -0.4 is 5.73 Å². The van der Waals surface area contributed by atoms with E-state index in [4.69, 9.17) is 5.73 Å². The van der Waals surface area contributed by atoms with Crippen LogP contribution in [0.25, 0.3) is 0 Å². The average molecular weight is 280 g/mol. The molecule has 0 unspecified atom stereocenters. The third-order valence-corrected chi connectivity index (χ3v) is 3.07. The molecule has 0 saturated carbocycles. The summed E-state index contributed by atoms with van der Waals surface area (Å²) in [4.78, 5) is 10.0. The van der Waals surface area contributed by atoms with Gasteiger partial charge in [0.25, 0.3) is 0 Å². The van der Waals surface area contributed by atoms with Crippen LogP contribution in [0.15, 0.2) is 18.6 Å². The minimum atomic E-state index is 0.461. The van der Waals surface area contributed by atoms with Crippen molar-refractivity contribution in [3.8, 4) is 0 Å². The number of unbranched alkanes of at least 4 members (excludes halogenated alkanes) is 3. The van der Waals surface area contributed by atoms with Gasteiger partial charge in [0, 0.05) is 12.4 Å². The molecule has 0 aliphatic rings. The summed E-state index contributed by atoms with van der Waals surface area (Å²) in [6.07, 6.45) is 12.7. The first-order chi connectivity index (χ1) is 9.74. The van der Waals surface area contributed by atoms with Gasteiger partial charge in [0.05, 0.1) is 6.20 Å². The monoisotopic (exact) mass is 280 g/mol. The molecule has 0 bridgehead atoms. The first-order valence-electron chi connectivity index (χ1n) is 7.98. The second kappa shape index (κ2) is 14.3. The van der Waals surface area contributed by atoms with Gasteiger partial charge in [-0.3, -0.25) is 4.98 Å². The number of hydrogen-bond donors (Lipinski definition) is 1. The van der Waals surface area contributed by atoms with Crippen molar-refractivity contribution < 1.29 is 0 Å². The third-order valence-electron chi connectivity index (χ3n) is 3.07. The van der Waals surface area contributed by atoms with Gasteiger partial charge in [-0.2, -0.15) is 0 Å². The van der Waals surface area contributed by atoms with Crippen LogP contribution in [0.4, 0.5) is 5.82 Å². The maximum atomic E-state index is 5.18. The van der Waals surface area contributed by atoms with E-state index in [0.717, 1.165) is 0 Å². The zero-order valence-corrected chi connectivity index (χ0v) is 13.5. The molecule has 1 aromatic rings. The topological polar surface area (TPSA) is 55.0 Å². The number of anilines is 1. The average Bonchev–Trinajstić information content (AvgIpc) is 2.48. The van der Waals surface area contributed by atoms with Crippen molar-refractivity contribution in [2.24, 2.45) is 0 Å². The molecule has 0 spiro atoms. The fourth-order valence-corrected chi connectivity index (χ4v) is 1.79. The predicted molar refractivity (Wildman–Crippen MR) is 87.6 cm³/mol. The second-order valence-electron chi connectivity index (χ2n) is 5.03. The van der Waals surface area contributed by atoms with Gasteiger partial charge in [-0.1, -0.05) is 40.0 Å². The molecule has 0 saturated heterocycles. The molecule has 1 aromatic heterocycles. The zero-order valence-electron chi connectivity index (χ0n) is 13.5. The van der Waals surface area contributed by atoms with Crippen LogP contribution in [0.2, 0.25) is 0 Å². The molecular weight excluding hydrogens is 248 g/mol. The normalized spacial score (nSPS) is 10.2. The van der Waals surface area contributed by atoms with E-state index < -0.39 is 0 Å². The van der Waals surface area contributed by atoms with Crippen LogP contribution in [0.1, 0.15) is 59.3 Å². The molecule has 4 nitrogen and oxygen atoms in total. The van der Waals surface area contributed by atoms with Gasteiger partial charge < -0.3 is 10.6 Å². The molecule has 0 amide bonds. The largest absolute Gasteiger partial charge is 0.382 e. The van der Waals surface area contributed by atoms with Crippen LogP contribution in [0.5, 0.6) is 0 Å². The van der Waals surface area contributed by atoms with Gasteiger partial charge in [-0.15, -0.1) is 0 Å². The Hall–Kier alpha value is -1.16. The smallest absolute Gasteiger partial charge is 0.141 e. The number of nitrogen functional groups attached to an aromatic ring is 1. The predicted octanol–water partition coefficient (Wildman–Crippen LogP) is 3.75. The third kappa shape index (κ3) is 11.9. The SMILES string of the molecule is CCCCN(CCCC)CCCC.Nc1cnccn1. The number of nitrogens with two attached hydrogens (primary N) is 1. The van der Waals surface area contributed by atoms with Crippen LogP contribution in [0.3, 0.4) is 0 Å². The van der Waals surface area contributed by atoms with E-state index in [9.17, 15) is 0 Å². The van der Waals surface area contributed by atoms with Gasteiger partial charge in [-0.25, -0.2) is 4.98 Å². The first kappa shape index (κ1) is 18.8. The van der Waals surface area contributed by atoms with E-state index >= 15 is 0 Å². The molecule has 0 atom stereocenters. The lowest BCUT2D eigenvalue weighted by atomic mass is 10.2. The highest BCUT2D eigenvalue weighted by atomic mass is 15.1. The Kier molecular flexibility index (Phi) is 13.4. The summed E-state index contributed by atoms with van der Waals surface area (Å²) >= 11 is 0. The molecular formula is C16H32N4. The van der Waals surface area contributed by atoms with Crippen molar-refractivity contribution in [3.05, 3.63) is 18.6 Å². The van der Waals surface area contributed by atoms with Gasteiger partial charge in [0.1, 0.15) is 5.82 Å². The Balaban J connectivity index is 0.000000428. The molecule has 0 aliphatic carbocycles. The van der Waals surface area contributed by atoms with E-state index in [1.165, 1.54) is 64.4 Å². The molecule has 116 valence electrons. The summed E-state index contributed by atoms with van der Waals surface area (Å²) in [5.41, 5.74) is 5.18. The van der Waals surface area contributed by atoms with Crippen LogP contribution in [0, 0.1) is 0 Å². The lowest BCUT2D eigenvalue weighted by molar-refractivity contribution is 0.261. The molecule has 1 rings (SSSR count). The van der Waals surface area contributed by atoms with E-state index in [0.29, 0.717) is 5.82 Å². The molecule has 0 fully saturated rings. The Morgan fingerprint density at radius 2 is 1.40 bits per heavy atom. The molecule has 0 aromatic carbocycles. The number of rotatable bonds is 9. The number of hydrogen-bond acceptors (Lipinski definition) is 4. The Morgan fingerprint density at radius 1 is 0.900 bits per heavy atom. The number of nitrogens with zero attached hydrogens (tertiary/aromatic N) is 3. The quantitative estimate of drug-likeness (QED) is 0.748. The van der Waals surface area contributed by atoms with E-state index in [-0.39, 0.29) is 0 Å². The van der Waals surface area contributed by atoms with Crippen molar-refractivity contribution in [1.82, 2.24) is 14.9 Å². The summed E-state index contributed by atoms with van der Waals surface area (Å²) in [6, 6.07) is 0. The van der Waals surface area contributed by atoms with Crippen LogP contribution in [-0.4, -0.2) is 34.5 Å². The summed E-state index contributed by atoms with van der Waals surface area (Å²) in [5, 5.41) is 0. The van der Waals surface area contributed by atoms with Crippen molar-refractivity contribution in [3.63, 3.8) is 0 Å². The molecule has 2 N–H and O–H groups in total. The standard InChI is InChI=1S/C12H27N.C4H5N3/c1-4-7-10-13(11-8-5-2)12-9-6-3;5-4-3-6-1-2-7-4/h4-12H2,1-3H3;1-3H,(H2,5,7). The highest BCUT2D eigenvalue weighted by Gasteiger charge is 2.01. The van der Waals surface area contributed by atoms with Crippen molar-refractivity contribution in [2.75, 3.05) is 25.4 Å². The molecule has 1 heterocycles. The second-order valence-corrected chi connectivity index (χ2v) is 5.03. The van der Waals surface area contributed by atoms with Gasteiger partial charge in [-0.05, 0) is 38.9 Å². The molecule has 4 heteroatoms. The zero-order chi connectivity index (χ0) is 15.1. The van der Waals surface area contributed by atoms with Crippen molar-refractivity contribution in [2.45, 2.75) is 59.3 Å². The molecule has 0 radical (unpaired) electrons. The lowest BCUT2D eigenvalue weighted by Gasteiger charge is -2.21. The van der Waals surface area contributed by atoms with Gasteiger partial charge >= 0.3 is 0 Å². The number of aromatic nitrogens is 2. The molecule has 20 heavy (non-hydrogen) atoms. The van der Waals surface area contributed by atoms with E-state index in [2.05, 4.69) is 35.6 Å². The highest BCUT2D eigenvalue weighted by Crippen LogP contribution is 2.01. The Labute approximate surface area is 124 Å². The van der Waals surface area contributed by atoms with Crippen molar-refractivity contribution in [1.29, 1.82) is 0 Å². The van der Waals surface area contributed by atoms with E-state index in [1.807, 2.05) is 0 Å². The van der Waals surface area contributed by atoms with Crippen molar-refractivity contribution >= 4 is 5.82 Å². The van der Waals surface area contributed by atoms with Gasteiger partial charge in [0.15, 0.2) is 0 Å². The maximum absolute atomic E-state index is 5.18. The fourth-order valence-electron chi connectivity index (χ4n) is 1.79. The minimum Gasteiger partial charge on any atom is -0.382 e. The van der Waals surface area contributed by atoms with Crippen LogP contribution >= 0.6 is 0 Å². The lowest BCUT2D eigenvalue weighted by Crippen LogP contribution is -2.27. The first-order valence-corrected chi connectivity index (χ1v) is 7.98. The highest BCUT2D eigenvalue weighted by molar-refractivity contribution is 5.20. The minimum absolute atomic E-state index is 0.461.